The minimum Gasteiger partial charge on any atom is -0.364 e. The summed E-state index contributed by atoms with van der Waals surface area (Å²) < 4.78 is 39.8. The van der Waals surface area contributed by atoms with Gasteiger partial charge in [0, 0.05) is 14.1 Å². The molecule has 0 radical (unpaired) electrons. The van der Waals surface area contributed by atoms with Crippen LogP contribution >= 0.6 is 24.0 Å². The zero-order valence-corrected chi connectivity index (χ0v) is 14.8. The third-order valence-corrected chi connectivity index (χ3v) is 4.53. The Bertz CT molecular complexity index is 656. The topological polar surface area (TPSA) is 61.4 Å². The minimum absolute atomic E-state index is 0.440. The van der Waals surface area contributed by atoms with E-state index in [2.05, 4.69) is 10.6 Å². The number of benzene rings is 1. The molecular weight excluding hydrogens is 363 g/mol. The van der Waals surface area contributed by atoms with Crippen molar-refractivity contribution in [3.8, 4) is 0 Å². The van der Waals surface area contributed by atoms with E-state index in [1.54, 1.807) is 25.9 Å². The molecule has 0 saturated carbocycles. The predicted octanol–water partition coefficient (Wildman–Crippen LogP) is 2.13. The molecule has 0 heterocycles. The lowest BCUT2D eigenvalue weighted by molar-refractivity contribution is -0.123. The lowest BCUT2D eigenvalue weighted by atomic mass is 10.2. The fraction of sp³-hybridized carbons (Fsp3) is 0.357. The molecule has 2 amide bonds. The molecule has 0 aliphatic carbocycles. The Hall–Kier alpha value is -1.81. The van der Waals surface area contributed by atoms with Crippen molar-refractivity contribution < 1.29 is 22.8 Å². The second-order valence-electron chi connectivity index (χ2n) is 4.91. The average Bonchev–Trinajstić information content (AvgIpc) is 2.52. The molecule has 0 fully saturated rings. The maximum Gasteiger partial charge on any atom is 0.243 e. The van der Waals surface area contributed by atoms with Crippen LogP contribution in [0.3, 0.4) is 0 Å². The van der Waals surface area contributed by atoms with Gasteiger partial charge in [-0.2, -0.15) is 0 Å². The smallest absolute Gasteiger partial charge is 0.243 e. The number of rotatable bonds is 5. The molecule has 24 heavy (non-hydrogen) atoms. The summed E-state index contributed by atoms with van der Waals surface area (Å²) in [6.45, 7) is 1.17. The number of hydrogen-bond donors (Lipinski definition) is 2. The average molecular weight is 379 g/mol. The van der Waals surface area contributed by atoms with E-state index in [1.165, 1.54) is 0 Å². The van der Waals surface area contributed by atoms with Gasteiger partial charge in [-0.3, -0.25) is 9.59 Å². The van der Waals surface area contributed by atoms with Crippen molar-refractivity contribution in [3.63, 3.8) is 0 Å². The monoisotopic (exact) mass is 379 g/mol. The summed E-state index contributed by atoms with van der Waals surface area (Å²) in [5.41, 5.74) is -0.510. The normalized spacial score (nSPS) is 11.6. The molecule has 0 aliphatic heterocycles. The summed E-state index contributed by atoms with van der Waals surface area (Å²) in [5, 5.41) is 3.87. The summed E-state index contributed by atoms with van der Waals surface area (Å²) >= 11 is 6.19. The van der Waals surface area contributed by atoms with E-state index >= 15 is 0 Å². The van der Waals surface area contributed by atoms with Crippen molar-refractivity contribution in [2.45, 2.75) is 12.2 Å². The van der Waals surface area contributed by atoms with Gasteiger partial charge in [-0.05, 0) is 19.1 Å². The lowest BCUT2D eigenvalue weighted by Gasteiger charge is -2.17. The first-order valence-electron chi connectivity index (χ1n) is 6.72. The zero-order valence-electron chi connectivity index (χ0n) is 13.2. The number of amides is 2. The van der Waals surface area contributed by atoms with Crippen LogP contribution in [0.5, 0.6) is 0 Å². The van der Waals surface area contributed by atoms with Gasteiger partial charge >= 0.3 is 0 Å². The van der Waals surface area contributed by atoms with Crippen molar-refractivity contribution in [1.82, 2.24) is 10.2 Å². The molecule has 0 bridgehead atoms. The van der Waals surface area contributed by atoms with Gasteiger partial charge in [0.05, 0.1) is 17.5 Å². The molecule has 10 heteroatoms. The number of carbonyl (C=O) groups excluding carboxylic acids is 2. The van der Waals surface area contributed by atoms with E-state index in [0.29, 0.717) is 10.4 Å². The van der Waals surface area contributed by atoms with E-state index in [0.717, 1.165) is 17.8 Å². The van der Waals surface area contributed by atoms with Gasteiger partial charge in [0.25, 0.3) is 0 Å². The van der Waals surface area contributed by atoms with Crippen LogP contribution in [-0.4, -0.2) is 46.9 Å². The van der Waals surface area contributed by atoms with E-state index in [1.807, 2.05) is 0 Å². The number of thioether (sulfide) groups is 1. The summed E-state index contributed by atoms with van der Waals surface area (Å²) in [6, 6.07) is 1.58. The standard InChI is InChI=1S/C14H16F3N3O2S2/c1-7(24-14(23)20(2)3)13(22)18-6-10(21)19-9-5-4-8(15)11(16)12(9)17/h4-5,7H,6H2,1-3H3,(H,18,22)(H,19,21)/t7-/m0/s1. The van der Waals surface area contributed by atoms with Crippen LogP contribution in [0.1, 0.15) is 6.92 Å². The van der Waals surface area contributed by atoms with Crippen molar-refractivity contribution in [2.24, 2.45) is 0 Å². The van der Waals surface area contributed by atoms with Gasteiger partial charge in [-0.25, -0.2) is 13.2 Å². The molecule has 5 nitrogen and oxygen atoms in total. The van der Waals surface area contributed by atoms with Crippen molar-refractivity contribution in [1.29, 1.82) is 0 Å². The maximum atomic E-state index is 13.4. The van der Waals surface area contributed by atoms with Crippen LogP contribution in [0.15, 0.2) is 12.1 Å². The molecule has 1 atom stereocenters. The third kappa shape index (κ3) is 5.68. The fourth-order valence-corrected chi connectivity index (χ4v) is 2.57. The van der Waals surface area contributed by atoms with Gasteiger partial charge < -0.3 is 15.5 Å². The van der Waals surface area contributed by atoms with Crippen LogP contribution in [0.4, 0.5) is 18.9 Å². The molecule has 1 rings (SSSR count). The van der Waals surface area contributed by atoms with E-state index in [9.17, 15) is 22.8 Å². The Morgan fingerprint density at radius 1 is 1.25 bits per heavy atom. The van der Waals surface area contributed by atoms with Crippen LogP contribution in [0.25, 0.3) is 0 Å². The molecule has 0 aromatic heterocycles. The van der Waals surface area contributed by atoms with Gasteiger partial charge in [0.2, 0.25) is 11.8 Å². The summed E-state index contributed by atoms with van der Waals surface area (Å²) in [5.74, 6) is -5.76. The van der Waals surface area contributed by atoms with Crippen LogP contribution in [-0.2, 0) is 9.59 Å². The number of carbonyl (C=O) groups is 2. The molecule has 0 spiro atoms. The third-order valence-electron chi connectivity index (χ3n) is 2.74. The van der Waals surface area contributed by atoms with E-state index in [4.69, 9.17) is 12.2 Å². The van der Waals surface area contributed by atoms with Crippen LogP contribution in [0, 0.1) is 17.5 Å². The molecule has 0 saturated heterocycles. The molecule has 2 N–H and O–H groups in total. The highest BCUT2D eigenvalue weighted by Crippen LogP contribution is 2.19. The van der Waals surface area contributed by atoms with Crippen LogP contribution < -0.4 is 10.6 Å². The Labute approximate surface area is 147 Å². The summed E-state index contributed by atoms with van der Waals surface area (Å²) in [7, 11) is 3.48. The molecule has 0 unspecified atom stereocenters. The van der Waals surface area contributed by atoms with Gasteiger partial charge in [0.15, 0.2) is 17.5 Å². The fourth-order valence-electron chi connectivity index (χ4n) is 1.44. The molecule has 132 valence electrons. The van der Waals surface area contributed by atoms with E-state index in [-0.39, 0.29) is 0 Å². The Kier molecular flexibility index (Phi) is 7.49. The zero-order chi connectivity index (χ0) is 18.4. The van der Waals surface area contributed by atoms with Gasteiger partial charge in [-0.15, -0.1) is 0 Å². The molecule has 1 aromatic rings. The number of nitrogens with one attached hydrogen (secondary N) is 2. The largest absolute Gasteiger partial charge is 0.364 e. The second-order valence-corrected chi connectivity index (χ2v) is 6.88. The first kappa shape index (κ1) is 20.2. The lowest BCUT2D eigenvalue weighted by Crippen LogP contribution is -2.38. The predicted molar refractivity (Wildman–Crippen MR) is 91.3 cm³/mol. The summed E-state index contributed by atoms with van der Waals surface area (Å²) in [4.78, 5) is 25.2. The van der Waals surface area contributed by atoms with Gasteiger partial charge in [0.1, 0.15) is 4.32 Å². The number of thiocarbonyl (C=S) groups is 1. The molecule has 1 aromatic carbocycles. The van der Waals surface area contributed by atoms with Crippen molar-refractivity contribution in [2.75, 3.05) is 26.0 Å². The van der Waals surface area contributed by atoms with Crippen molar-refractivity contribution >= 4 is 45.8 Å². The first-order valence-corrected chi connectivity index (χ1v) is 8.01. The number of hydrogen-bond acceptors (Lipinski definition) is 4. The Morgan fingerprint density at radius 2 is 1.88 bits per heavy atom. The van der Waals surface area contributed by atoms with Crippen LogP contribution in [0.2, 0.25) is 0 Å². The SMILES string of the molecule is C[C@H](SC(=S)N(C)C)C(=O)NCC(=O)Nc1ccc(F)c(F)c1F. The van der Waals surface area contributed by atoms with Gasteiger partial charge in [-0.1, -0.05) is 24.0 Å². The first-order chi connectivity index (χ1) is 11.1. The second kappa shape index (κ2) is 8.88. The Balaban J connectivity index is 2.53. The number of halogens is 3. The quantitative estimate of drug-likeness (QED) is 0.606. The van der Waals surface area contributed by atoms with Crippen molar-refractivity contribution in [3.05, 3.63) is 29.6 Å². The molecule has 0 aliphatic rings. The number of nitrogens with zero attached hydrogens (tertiary/aromatic N) is 1. The molecular formula is C14H16F3N3O2S2. The summed E-state index contributed by atoms with van der Waals surface area (Å²) in [6.07, 6.45) is 0. The maximum absolute atomic E-state index is 13.4. The van der Waals surface area contributed by atoms with E-state index < -0.39 is 46.7 Å². The highest BCUT2D eigenvalue weighted by atomic mass is 32.2. The minimum atomic E-state index is -1.68. The highest BCUT2D eigenvalue weighted by Gasteiger charge is 2.19. The number of anilines is 1. The highest BCUT2D eigenvalue weighted by molar-refractivity contribution is 8.23. The Morgan fingerprint density at radius 3 is 2.46 bits per heavy atom.